The Morgan fingerprint density at radius 3 is 3.00 bits per heavy atom. The summed E-state index contributed by atoms with van der Waals surface area (Å²) in [4.78, 5) is 23.1. The van der Waals surface area contributed by atoms with Crippen LogP contribution in [0.4, 0.5) is 16.0 Å². The number of ether oxygens (including phenoxy) is 1. The Morgan fingerprint density at radius 1 is 1.38 bits per heavy atom. The van der Waals surface area contributed by atoms with Crippen LogP contribution in [-0.4, -0.2) is 35.6 Å². The number of amides is 1. The second-order valence-corrected chi connectivity index (χ2v) is 6.69. The first-order chi connectivity index (χ1) is 12.5. The van der Waals surface area contributed by atoms with Gasteiger partial charge in [-0.25, -0.2) is 9.37 Å². The number of hydrogen-bond acceptors (Lipinski definition) is 5. The number of piperidine rings is 1. The number of hydrogen-bond donors (Lipinski definition) is 1. The summed E-state index contributed by atoms with van der Waals surface area (Å²) in [5.74, 6) is 0.821. The minimum absolute atomic E-state index is 0.206. The van der Waals surface area contributed by atoms with Crippen molar-refractivity contribution in [2.45, 2.75) is 26.7 Å². The van der Waals surface area contributed by atoms with Gasteiger partial charge >= 0.3 is 0 Å². The van der Waals surface area contributed by atoms with Crippen molar-refractivity contribution in [3.8, 4) is 5.88 Å². The zero-order valence-electron chi connectivity index (χ0n) is 15.0. The van der Waals surface area contributed by atoms with Gasteiger partial charge in [0.05, 0.1) is 0 Å². The summed E-state index contributed by atoms with van der Waals surface area (Å²) in [6.45, 7) is 5.73. The summed E-state index contributed by atoms with van der Waals surface area (Å²) in [7, 11) is 0. The number of carbonyl (C=O) groups excluding carboxylic acids is 1. The van der Waals surface area contributed by atoms with Gasteiger partial charge in [-0.1, -0.05) is 13.0 Å². The van der Waals surface area contributed by atoms with Gasteiger partial charge in [0.15, 0.2) is 6.61 Å². The lowest BCUT2D eigenvalue weighted by Gasteiger charge is -2.31. The third-order valence-corrected chi connectivity index (χ3v) is 4.22. The molecule has 2 aromatic rings. The smallest absolute Gasteiger partial charge is 0.262 e. The Labute approximate surface area is 152 Å². The van der Waals surface area contributed by atoms with Crippen molar-refractivity contribution >= 4 is 17.5 Å². The van der Waals surface area contributed by atoms with Gasteiger partial charge in [-0.15, -0.1) is 0 Å². The van der Waals surface area contributed by atoms with Crippen LogP contribution in [0.25, 0.3) is 0 Å². The Balaban J connectivity index is 1.61. The van der Waals surface area contributed by atoms with Crippen LogP contribution in [0.5, 0.6) is 5.88 Å². The molecule has 0 aliphatic carbocycles. The summed E-state index contributed by atoms with van der Waals surface area (Å²) in [6.07, 6.45) is 2.33. The number of benzene rings is 1. The molecular weight excluding hydrogens is 335 g/mol. The zero-order chi connectivity index (χ0) is 18.5. The van der Waals surface area contributed by atoms with E-state index < -0.39 is 5.82 Å². The SMILES string of the molecule is Cc1cc(OCC(=O)Nc2cccc(F)c2)nc(N2CCC[C@@H](C)C2)n1. The highest BCUT2D eigenvalue weighted by Crippen LogP contribution is 2.22. The molecular formula is C19H23FN4O2. The predicted octanol–water partition coefficient (Wildman–Crippen LogP) is 3.18. The third kappa shape index (κ3) is 4.91. The lowest BCUT2D eigenvalue weighted by Crippen LogP contribution is -2.35. The van der Waals surface area contributed by atoms with Crippen LogP contribution in [0, 0.1) is 18.7 Å². The molecule has 1 aromatic heterocycles. The molecule has 6 nitrogen and oxygen atoms in total. The maximum Gasteiger partial charge on any atom is 0.262 e. The summed E-state index contributed by atoms with van der Waals surface area (Å²) < 4.78 is 18.7. The quantitative estimate of drug-likeness (QED) is 0.889. The van der Waals surface area contributed by atoms with E-state index in [1.54, 1.807) is 12.1 Å². The normalized spacial score (nSPS) is 17.0. The van der Waals surface area contributed by atoms with E-state index in [1.807, 2.05) is 6.92 Å². The number of halogens is 1. The van der Waals surface area contributed by atoms with Crippen LogP contribution < -0.4 is 15.0 Å². The van der Waals surface area contributed by atoms with E-state index >= 15 is 0 Å². The first-order valence-corrected chi connectivity index (χ1v) is 8.78. The molecule has 0 radical (unpaired) electrons. The van der Waals surface area contributed by atoms with Gasteiger partial charge in [-0.3, -0.25) is 4.79 Å². The van der Waals surface area contributed by atoms with Crippen molar-refractivity contribution in [3.05, 3.63) is 41.8 Å². The highest BCUT2D eigenvalue weighted by Gasteiger charge is 2.19. The van der Waals surface area contributed by atoms with Crippen molar-refractivity contribution in [2.24, 2.45) is 5.92 Å². The molecule has 0 spiro atoms. The Hall–Kier alpha value is -2.70. The highest BCUT2D eigenvalue weighted by atomic mass is 19.1. The molecule has 1 fully saturated rings. The molecule has 1 aromatic carbocycles. The number of carbonyl (C=O) groups is 1. The zero-order valence-corrected chi connectivity index (χ0v) is 15.0. The molecule has 0 saturated carbocycles. The molecule has 2 heterocycles. The molecule has 1 aliphatic heterocycles. The number of rotatable bonds is 5. The van der Waals surface area contributed by atoms with E-state index in [0.717, 1.165) is 25.2 Å². The van der Waals surface area contributed by atoms with E-state index in [0.29, 0.717) is 23.4 Å². The number of nitrogens with one attached hydrogen (secondary N) is 1. The molecule has 0 unspecified atom stereocenters. The molecule has 1 saturated heterocycles. The fraction of sp³-hybridized carbons (Fsp3) is 0.421. The number of aromatic nitrogens is 2. The highest BCUT2D eigenvalue weighted by molar-refractivity contribution is 5.91. The summed E-state index contributed by atoms with van der Waals surface area (Å²) >= 11 is 0. The molecule has 3 rings (SSSR count). The van der Waals surface area contributed by atoms with E-state index in [1.165, 1.54) is 24.6 Å². The number of anilines is 2. The molecule has 1 aliphatic rings. The summed E-state index contributed by atoms with van der Waals surface area (Å²) in [6, 6.07) is 7.42. The van der Waals surface area contributed by atoms with E-state index in [9.17, 15) is 9.18 Å². The van der Waals surface area contributed by atoms with Crippen molar-refractivity contribution < 1.29 is 13.9 Å². The molecule has 26 heavy (non-hydrogen) atoms. The monoisotopic (exact) mass is 358 g/mol. The van der Waals surface area contributed by atoms with Crippen LogP contribution in [0.15, 0.2) is 30.3 Å². The van der Waals surface area contributed by atoms with Crippen LogP contribution >= 0.6 is 0 Å². The second-order valence-electron chi connectivity index (χ2n) is 6.69. The Morgan fingerprint density at radius 2 is 2.23 bits per heavy atom. The molecule has 0 bridgehead atoms. The van der Waals surface area contributed by atoms with Crippen molar-refractivity contribution in [3.63, 3.8) is 0 Å². The lowest BCUT2D eigenvalue weighted by molar-refractivity contribution is -0.118. The maximum absolute atomic E-state index is 13.2. The van der Waals surface area contributed by atoms with Gasteiger partial charge in [0.1, 0.15) is 5.82 Å². The average Bonchev–Trinajstić information content (AvgIpc) is 2.59. The molecule has 1 atom stereocenters. The molecule has 138 valence electrons. The van der Waals surface area contributed by atoms with Gasteiger partial charge in [0.2, 0.25) is 11.8 Å². The standard InChI is InChI=1S/C19H23FN4O2/c1-13-5-4-8-24(11-13)19-21-14(2)9-18(23-19)26-12-17(25)22-16-7-3-6-15(20)10-16/h3,6-7,9-10,13H,4-5,8,11-12H2,1-2H3,(H,22,25)/t13-/m1/s1. The minimum Gasteiger partial charge on any atom is -0.467 e. The topological polar surface area (TPSA) is 67.3 Å². The van der Waals surface area contributed by atoms with E-state index in [4.69, 9.17) is 4.74 Å². The molecule has 7 heteroatoms. The van der Waals surface area contributed by atoms with Crippen LogP contribution in [0.3, 0.4) is 0 Å². The Kier molecular flexibility index (Phi) is 5.65. The molecule has 1 amide bonds. The number of nitrogens with zero attached hydrogens (tertiary/aromatic N) is 3. The maximum atomic E-state index is 13.2. The van der Waals surface area contributed by atoms with Crippen molar-refractivity contribution in [1.29, 1.82) is 0 Å². The largest absolute Gasteiger partial charge is 0.467 e. The van der Waals surface area contributed by atoms with Gasteiger partial charge in [0.25, 0.3) is 5.91 Å². The van der Waals surface area contributed by atoms with E-state index in [-0.39, 0.29) is 12.5 Å². The fourth-order valence-electron chi connectivity index (χ4n) is 3.01. The number of aryl methyl sites for hydroxylation is 1. The average molecular weight is 358 g/mol. The first-order valence-electron chi connectivity index (χ1n) is 8.78. The van der Waals surface area contributed by atoms with Crippen LogP contribution in [0.2, 0.25) is 0 Å². The summed E-state index contributed by atoms with van der Waals surface area (Å²) in [5, 5.41) is 2.59. The van der Waals surface area contributed by atoms with Gasteiger partial charge < -0.3 is 15.0 Å². The minimum atomic E-state index is -0.407. The second kappa shape index (κ2) is 8.12. The van der Waals surface area contributed by atoms with Crippen molar-refractivity contribution in [2.75, 3.05) is 29.9 Å². The van der Waals surface area contributed by atoms with Crippen LogP contribution in [0.1, 0.15) is 25.5 Å². The Bertz CT molecular complexity index is 784. The van der Waals surface area contributed by atoms with Gasteiger partial charge in [-0.05, 0) is 43.9 Å². The third-order valence-electron chi connectivity index (χ3n) is 4.22. The van der Waals surface area contributed by atoms with E-state index in [2.05, 4.69) is 27.1 Å². The van der Waals surface area contributed by atoms with Crippen molar-refractivity contribution in [1.82, 2.24) is 9.97 Å². The van der Waals surface area contributed by atoms with Crippen LogP contribution in [-0.2, 0) is 4.79 Å². The predicted molar refractivity (Wildman–Crippen MR) is 97.9 cm³/mol. The lowest BCUT2D eigenvalue weighted by atomic mass is 10.0. The molecule has 1 N–H and O–H groups in total. The summed E-state index contributed by atoms with van der Waals surface area (Å²) in [5.41, 5.74) is 1.18. The fourth-order valence-corrected chi connectivity index (χ4v) is 3.01. The van der Waals surface area contributed by atoms with Gasteiger partial charge in [0, 0.05) is 30.5 Å². The first kappa shape index (κ1) is 18.1. The van der Waals surface area contributed by atoms with Gasteiger partial charge in [-0.2, -0.15) is 4.98 Å².